The van der Waals surface area contributed by atoms with Gasteiger partial charge in [0.15, 0.2) is 0 Å². The molecule has 2 aliphatic rings. The highest BCUT2D eigenvalue weighted by atomic mass is 16.5. The molecule has 1 saturated carbocycles. The molecule has 2 N–H and O–H groups in total. The molecular formula is C14H23N3O. The van der Waals surface area contributed by atoms with Gasteiger partial charge < -0.3 is 15.0 Å². The lowest BCUT2D eigenvalue weighted by atomic mass is 10.0. The van der Waals surface area contributed by atoms with E-state index in [0.29, 0.717) is 5.92 Å². The molecular weight excluding hydrogens is 226 g/mol. The number of nitrogens with one attached hydrogen (secondary N) is 2. The predicted molar refractivity (Wildman–Crippen MR) is 70.8 cm³/mol. The van der Waals surface area contributed by atoms with E-state index in [9.17, 15) is 0 Å². The third-order valence-corrected chi connectivity index (χ3v) is 4.14. The van der Waals surface area contributed by atoms with E-state index >= 15 is 0 Å². The fourth-order valence-corrected chi connectivity index (χ4v) is 3.20. The summed E-state index contributed by atoms with van der Waals surface area (Å²) in [5, 5.41) is 3.36. The summed E-state index contributed by atoms with van der Waals surface area (Å²) in [6, 6.07) is 0. The second kappa shape index (κ2) is 5.41. The van der Waals surface area contributed by atoms with Crippen LogP contribution in [0.5, 0.6) is 0 Å². The highest BCUT2D eigenvalue weighted by molar-refractivity contribution is 5.19. The number of morpholine rings is 1. The molecule has 2 heterocycles. The molecule has 0 spiro atoms. The molecule has 100 valence electrons. The Balaban J connectivity index is 1.67. The average molecular weight is 249 g/mol. The van der Waals surface area contributed by atoms with Crippen molar-refractivity contribution in [1.29, 1.82) is 0 Å². The maximum atomic E-state index is 5.73. The van der Waals surface area contributed by atoms with Crippen LogP contribution in [0.4, 0.5) is 0 Å². The average Bonchev–Trinajstić information content (AvgIpc) is 3.00. The fraction of sp³-hybridized carbons (Fsp3) is 0.786. The number of rotatable bonds is 3. The predicted octanol–water partition coefficient (Wildman–Crippen LogP) is 1.91. The monoisotopic (exact) mass is 249 g/mol. The second-order valence-corrected chi connectivity index (χ2v) is 5.58. The highest BCUT2D eigenvalue weighted by Crippen LogP contribution is 2.34. The van der Waals surface area contributed by atoms with Crippen LogP contribution >= 0.6 is 0 Å². The van der Waals surface area contributed by atoms with Crippen molar-refractivity contribution in [3.05, 3.63) is 17.2 Å². The SMILES string of the molecule is Cc1[nH]c(CC2CNCCO2)nc1C1CCCC1. The van der Waals surface area contributed by atoms with E-state index in [-0.39, 0.29) is 6.10 Å². The fourth-order valence-electron chi connectivity index (χ4n) is 3.20. The normalized spacial score (nSPS) is 25.7. The van der Waals surface area contributed by atoms with Crippen LogP contribution in [0.3, 0.4) is 0 Å². The van der Waals surface area contributed by atoms with Crippen molar-refractivity contribution in [2.45, 2.75) is 51.0 Å². The van der Waals surface area contributed by atoms with Crippen LogP contribution in [-0.2, 0) is 11.2 Å². The van der Waals surface area contributed by atoms with Gasteiger partial charge >= 0.3 is 0 Å². The van der Waals surface area contributed by atoms with Crippen LogP contribution in [-0.4, -0.2) is 35.8 Å². The van der Waals surface area contributed by atoms with Gasteiger partial charge in [0.05, 0.1) is 18.4 Å². The van der Waals surface area contributed by atoms with Crippen LogP contribution < -0.4 is 5.32 Å². The van der Waals surface area contributed by atoms with E-state index in [1.807, 2.05) is 0 Å². The Bertz CT molecular complexity index is 390. The molecule has 0 bridgehead atoms. The number of aromatic nitrogens is 2. The molecule has 1 atom stereocenters. The Morgan fingerprint density at radius 1 is 1.33 bits per heavy atom. The number of imidazole rings is 1. The smallest absolute Gasteiger partial charge is 0.109 e. The highest BCUT2D eigenvalue weighted by Gasteiger charge is 2.23. The van der Waals surface area contributed by atoms with Gasteiger partial charge in [-0.1, -0.05) is 12.8 Å². The van der Waals surface area contributed by atoms with E-state index in [4.69, 9.17) is 9.72 Å². The number of nitrogens with zero attached hydrogens (tertiary/aromatic N) is 1. The third-order valence-electron chi connectivity index (χ3n) is 4.14. The van der Waals surface area contributed by atoms with Gasteiger partial charge in [0.2, 0.25) is 0 Å². The molecule has 0 radical (unpaired) electrons. The molecule has 4 heteroatoms. The number of aryl methyl sites for hydroxylation is 1. The first kappa shape index (κ1) is 12.2. The first-order chi connectivity index (χ1) is 8.83. The molecule has 2 fully saturated rings. The number of hydrogen-bond acceptors (Lipinski definition) is 3. The van der Waals surface area contributed by atoms with E-state index in [0.717, 1.165) is 31.9 Å². The van der Waals surface area contributed by atoms with Gasteiger partial charge in [-0.3, -0.25) is 0 Å². The van der Waals surface area contributed by atoms with Gasteiger partial charge in [0.1, 0.15) is 5.82 Å². The molecule has 1 aromatic rings. The minimum absolute atomic E-state index is 0.278. The summed E-state index contributed by atoms with van der Waals surface area (Å²) in [7, 11) is 0. The zero-order valence-corrected chi connectivity index (χ0v) is 11.2. The summed E-state index contributed by atoms with van der Waals surface area (Å²) in [6.45, 7) is 4.89. The summed E-state index contributed by atoms with van der Waals surface area (Å²) in [5.74, 6) is 1.79. The largest absolute Gasteiger partial charge is 0.375 e. The molecule has 4 nitrogen and oxygen atoms in total. The maximum Gasteiger partial charge on any atom is 0.109 e. The second-order valence-electron chi connectivity index (χ2n) is 5.58. The molecule has 18 heavy (non-hydrogen) atoms. The lowest BCUT2D eigenvalue weighted by Crippen LogP contribution is -2.39. The first-order valence-electron chi connectivity index (χ1n) is 7.20. The molecule has 1 aromatic heterocycles. The first-order valence-corrected chi connectivity index (χ1v) is 7.20. The van der Waals surface area contributed by atoms with Gasteiger partial charge in [-0.25, -0.2) is 4.98 Å². The Hall–Kier alpha value is -0.870. The van der Waals surface area contributed by atoms with Gasteiger partial charge in [0.25, 0.3) is 0 Å². The number of ether oxygens (including phenoxy) is 1. The van der Waals surface area contributed by atoms with Crippen LogP contribution in [0.1, 0.15) is 48.8 Å². The van der Waals surface area contributed by atoms with E-state index in [2.05, 4.69) is 17.2 Å². The molecule has 1 unspecified atom stereocenters. The van der Waals surface area contributed by atoms with Crippen molar-refractivity contribution in [3.8, 4) is 0 Å². The van der Waals surface area contributed by atoms with Crippen molar-refractivity contribution in [2.75, 3.05) is 19.7 Å². The summed E-state index contributed by atoms with van der Waals surface area (Å²) in [6.07, 6.45) is 6.53. The van der Waals surface area contributed by atoms with Crippen molar-refractivity contribution in [1.82, 2.24) is 15.3 Å². The molecule has 0 aromatic carbocycles. The van der Waals surface area contributed by atoms with Crippen molar-refractivity contribution < 1.29 is 4.74 Å². The van der Waals surface area contributed by atoms with Gasteiger partial charge in [-0.15, -0.1) is 0 Å². The van der Waals surface area contributed by atoms with Crippen LogP contribution in [0, 0.1) is 6.92 Å². The standard InChI is InChI=1S/C14H23N3O/c1-10-14(11-4-2-3-5-11)17-13(16-10)8-12-9-15-6-7-18-12/h11-12,15H,2-9H2,1H3,(H,16,17). The number of hydrogen-bond donors (Lipinski definition) is 2. The quantitative estimate of drug-likeness (QED) is 0.860. The third kappa shape index (κ3) is 2.59. The zero-order chi connectivity index (χ0) is 12.4. The van der Waals surface area contributed by atoms with Crippen LogP contribution in [0.25, 0.3) is 0 Å². The molecule has 1 saturated heterocycles. The maximum absolute atomic E-state index is 5.73. The topological polar surface area (TPSA) is 49.9 Å². The molecule has 0 amide bonds. The van der Waals surface area contributed by atoms with Crippen molar-refractivity contribution in [2.24, 2.45) is 0 Å². The Morgan fingerprint density at radius 3 is 2.89 bits per heavy atom. The van der Waals surface area contributed by atoms with E-state index < -0.39 is 0 Å². The van der Waals surface area contributed by atoms with Crippen molar-refractivity contribution >= 4 is 0 Å². The summed E-state index contributed by atoms with van der Waals surface area (Å²) < 4.78 is 5.73. The summed E-state index contributed by atoms with van der Waals surface area (Å²) in [4.78, 5) is 8.27. The van der Waals surface area contributed by atoms with Crippen molar-refractivity contribution in [3.63, 3.8) is 0 Å². The molecule has 3 rings (SSSR count). The lowest BCUT2D eigenvalue weighted by Gasteiger charge is -2.22. The Kier molecular flexibility index (Phi) is 3.66. The molecule has 1 aliphatic heterocycles. The Morgan fingerprint density at radius 2 is 2.17 bits per heavy atom. The Labute approximate surface area is 109 Å². The van der Waals surface area contributed by atoms with E-state index in [1.165, 1.54) is 37.1 Å². The van der Waals surface area contributed by atoms with Crippen LogP contribution in [0.2, 0.25) is 0 Å². The van der Waals surface area contributed by atoms with Gasteiger partial charge in [-0.05, 0) is 19.8 Å². The molecule has 1 aliphatic carbocycles. The van der Waals surface area contributed by atoms with Gasteiger partial charge in [0, 0.05) is 31.1 Å². The number of aromatic amines is 1. The van der Waals surface area contributed by atoms with Crippen LogP contribution in [0.15, 0.2) is 0 Å². The summed E-state index contributed by atoms with van der Waals surface area (Å²) in [5.41, 5.74) is 2.58. The van der Waals surface area contributed by atoms with E-state index in [1.54, 1.807) is 0 Å². The summed E-state index contributed by atoms with van der Waals surface area (Å²) >= 11 is 0. The van der Waals surface area contributed by atoms with Gasteiger partial charge in [-0.2, -0.15) is 0 Å². The minimum atomic E-state index is 0.278. The lowest BCUT2D eigenvalue weighted by molar-refractivity contribution is 0.0281. The minimum Gasteiger partial charge on any atom is -0.375 e. The number of H-pyrrole nitrogens is 1. The zero-order valence-electron chi connectivity index (χ0n) is 11.2.